The highest BCUT2D eigenvalue weighted by Gasteiger charge is 1.85. The zero-order chi connectivity index (χ0) is 9.78. The first-order valence-electron chi connectivity index (χ1n) is 5.65. The molecule has 0 aromatic carbocycles. The van der Waals surface area contributed by atoms with Crippen molar-refractivity contribution in [1.82, 2.24) is 0 Å². The van der Waals surface area contributed by atoms with Crippen molar-refractivity contribution in [3.8, 4) is 0 Å². The van der Waals surface area contributed by atoms with Crippen molar-refractivity contribution >= 4 is 0 Å². The molecule has 13 heavy (non-hydrogen) atoms. The van der Waals surface area contributed by atoms with Gasteiger partial charge in [0.05, 0.1) is 6.61 Å². The summed E-state index contributed by atoms with van der Waals surface area (Å²) in [4.78, 5) is 0. The molecule has 0 unspecified atom stereocenters. The van der Waals surface area contributed by atoms with Crippen LogP contribution in [0, 0.1) is 0 Å². The number of allylic oxidation sites excluding steroid dienone is 2. The quantitative estimate of drug-likeness (QED) is 0.378. The Kier molecular flexibility index (Phi) is 11.4. The molecule has 1 nitrogen and oxygen atoms in total. The Morgan fingerprint density at radius 1 is 0.846 bits per heavy atom. The van der Waals surface area contributed by atoms with Gasteiger partial charge < -0.3 is 0 Å². The second-order valence-corrected chi connectivity index (χ2v) is 3.52. The summed E-state index contributed by atoms with van der Waals surface area (Å²) in [6.45, 7) is 2.32. The topological polar surface area (TPSA) is 19.9 Å². The molecule has 0 spiro atoms. The fourth-order valence-electron chi connectivity index (χ4n) is 1.29. The van der Waals surface area contributed by atoms with E-state index in [0.717, 1.165) is 19.3 Å². The largest absolute Gasteiger partial charge is 0.237 e. The molecule has 0 aliphatic heterocycles. The van der Waals surface area contributed by atoms with E-state index in [9.17, 15) is 5.11 Å². The van der Waals surface area contributed by atoms with Gasteiger partial charge >= 0.3 is 0 Å². The maximum Gasteiger partial charge on any atom is 0.0822 e. The predicted molar refractivity (Wildman–Crippen MR) is 57.3 cm³/mol. The minimum Gasteiger partial charge on any atom is -0.237 e. The van der Waals surface area contributed by atoms with Gasteiger partial charge in [-0.2, -0.15) is 0 Å². The maximum atomic E-state index is 10.1. The third kappa shape index (κ3) is 11.7. The lowest BCUT2D eigenvalue weighted by atomic mass is 10.1. The molecule has 77 valence electrons. The van der Waals surface area contributed by atoms with Crippen molar-refractivity contribution in [3.05, 3.63) is 12.2 Å². The standard InChI is InChI=1S/C12H23O/c1-2-3-4-5-6-7-8-9-10-11-12-13/h7-8H,2-6,9-12H2,1H3. The summed E-state index contributed by atoms with van der Waals surface area (Å²) in [5, 5.41) is 10.1. The molecular formula is C12H23O. The van der Waals surface area contributed by atoms with Crippen LogP contribution in [0.15, 0.2) is 12.2 Å². The average molecular weight is 183 g/mol. The van der Waals surface area contributed by atoms with E-state index in [0.29, 0.717) is 0 Å². The molecule has 1 radical (unpaired) electrons. The molecule has 1 heteroatoms. The number of hydrogen-bond donors (Lipinski definition) is 0. The van der Waals surface area contributed by atoms with Crippen LogP contribution in [0.1, 0.15) is 58.3 Å². The summed E-state index contributed by atoms with van der Waals surface area (Å²) in [6, 6.07) is 0. The smallest absolute Gasteiger partial charge is 0.0822 e. The summed E-state index contributed by atoms with van der Waals surface area (Å²) in [6.07, 6.45) is 14.1. The Morgan fingerprint density at radius 3 is 2.00 bits per heavy atom. The molecule has 0 saturated carbocycles. The lowest BCUT2D eigenvalue weighted by molar-refractivity contribution is 0.187. The lowest BCUT2D eigenvalue weighted by Gasteiger charge is -1.94. The number of unbranched alkanes of at least 4 members (excludes halogenated alkanes) is 6. The Bertz CT molecular complexity index is 108. The first-order chi connectivity index (χ1) is 6.41. The van der Waals surface area contributed by atoms with Gasteiger partial charge in [0.2, 0.25) is 0 Å². The van der Waals surface area contributed by atoms with Crippen molar-refractivity contribution in [2.24, 2.45) is 0 Å². The van der Waals surface area contributed by atoms with E-state index in [1.807, 2.05) is 0 Å². The van der Waals surface area contributed by atoms with Gasteiger partial charge in [-0.25, -0.2) is 5.11 Å². The van der Waals surface area contributed by atoms with Crippen molar-refractivity contribution in [2.75, 3.05) is 6.61 Å². The summed E-state index contributed by atoms with van der Waals surface area (Å²) in [7, 11) is 0. The Morgan fingerprint density at radius 2 is 1.46 bits per heavy atom. The van der Waals surface area contributed by atoms with Gasteiger partial charge in [-0.05, 0) is 32.1 Å². The fraction of sp³-hybridized carbons (Fsp3) is 0.833. The molecule has 0 bridgehead atoms. The van der Waals surface area contributed by atoms with Crippen LogP contribution in [-0.4, -0.2) is 6.61 Å². The SMILES string of the molecule is CCCCCCC=CCCCC[O]. The van der Waals surface area contributed by atoms with E-state index < -0.39 is 0 Å². The van der Waals surface area contributed by atoms with Crippen molar-refractivity contribution in [2.45, 2.75) is 58.3 Å². The predicted octanol–water partition coefficient (Wildman–Crippen LogP) is 4.11. The molecular weight excluding hydrogens is 160 g/mol. The third-order valence-corrected chi connectivity index (χ3v) is 2.16. The zero-order valence-corrected chi connectivity index (χ0v) is 8.93. The van der Waals surface area contributed by atoms with E-state index >= 15 is 0 Å². The number of rotatable bonds is 9. The monoisotopic (exact) mass is 183 g/mol. The molecule has 0 aromatic heterocycles. The summed E-state index contributed by atoms with van der Waals surface area (Å²) in [5.41, 5.74) is 0. The van der Waals surface area contributed by atoms with Crippen LogP contribution in [0.2, 0.25) is 0 Å². The van der Waals surface area contributed by atoms with Crippen LogP contribution in [0.4, 0.5) is 0 Å². The lowest BCUT2D eigenvalue weighted by Crippen LogP contribution is -1.78. The molecule has 0 heterocycles. The van der Waals surface area contributed by atoms with Crippen LogP contribution in [0.5, 0.6) is 0 Å². The van der Waals surface area contributed by atoms with Gasteiger partial charge in [0.25, 0.3) is 0 Å². The number of hydrogen-bond acceptors (Lipinski definition) is 0. The van der Waals surface area contributed by atoms with E-state index in [-0.39, 0.29) is 6.61 Å². The zero-order valence-electron chi connectivity index (χ0n) is 8.93. The van der Waals surface area contributed by atoms with Gasteiger partial charge in [0.1, 0.15) is 0 Å². The van der Waals surface area contributed by atoms with Crippen LogP contribution >= 0.6 is 0 Å². The van der Waals surface area contributed by atoms with E-state index in [4.69, 9.17) is 0 Å². The molecule has 0 fully saturated rings. The minimum atomic E-state index is 0.0876. The van der Waals surface area contributed by atoms with E-state index in [1.54, 1.807) is 0 Å². The van der Waals surface area contributed by atoms with Crippen LogP contribution in [-0.2, 0) is 5.11 Å². The van der Waals surface area contributed by atoms with Gasteiger partial charge in [-0.1, -0.05) is 38.3 Å². The minimum absolute atomic E-state index is 0.0876. The first kappa shape index (κ1) is 12.7. The van der Waals surface area contributed by atoms with E-state index in [2.05, 4.69) is 19.1 Å². The normalized spacial score (nSPS) is 11.2. The average Bonchev–Trinajstić information content (AvgIpc) is 2.16. The molecule has 0 N–H and O–H groups in total. The molecule has 0 atom stereocenters. The fourth-order valence-corrected chi connectivity index (χ4v) is 1.29. The summed E-state index contributed by atoms with van der Waals surface area (Å²) < 4.78 is 0. The highest BCUT2D eigenvalue weighted by atomic mass is 16.2. The van der Waals surface area contributed by atoms with Crippen molar-refractivity contribution < 1.29 is 5.11 Å². The van der Waals surface area contributed by atoms with E-state index in [1.165, 1.54) is 32.1 Å². The third-order valence-electron chi connectivity index (χ3n) is 2.16. The van der Waals surface area contributed by atoms with Crippen LogP contribution in [0.25, 0.3) is 0 Å². The Balaban J connectivity index is 2.95. The first-order valence-corrected chi connectivity index (χ1v) is 5.65. The van der Waals surface area contributed by atoms with Gasteiger partial charge in [0, 0.05) is 0 Å². The summed E-state index contributed by atoms with van der Waals surface area (Å²) >= 11 is 0. The molecule has 0 aromatic rings. The molecule has 0 saturated heterocycles. The second kappa shape index (κ2) is 11.7. The second-order valence-electron chi connectivity index (χ2n) is 3.52. The van der Waals surface area contributed by atoms with Crippen LogP contribution in [0.3, 0.4) is 0 Å². The Hall–Kier alpha value is -0.300. The molecule has 0 amide bonds. The molecule has 0 rings (SSSR count). The van der Waals surface area contributed by atoms with Crippen molar-refractivity contribution in [1.29, 1.82) is 0 Å². The Labute approximate surface area is 82.9 Å². The maximum absolute atomic E-state index is 10.1. The molecule has 0 aliphatic rings. The van der Waals surface area contributed by atoms with Gasteiger partial charge in [0.15, 0.2) is 0 Å². The highest BCUT2D eigenvalue weighted by molar-refractivity contribution is 4.81. The van der Waals surface area contributed by atoms with Crippen LogP contribution < -0.4 is 0 Å². The van der Waals surface area contributed by atoms with Crippen molar-refractivity contribution in [3.63, 3.8) is 0 Å². The van der Waals surface area contributed by atoms with Gasteiger partial charge in [-0.15, -0.1) is 0 Å². The highest BCUT2D eigenvalue weighted by Crippen LogP contribution is 2.04. The van der Waals surface area contributed by atoms with Gasteiger partial charge in [-0.3, -0.25) is 0 Å². The molecule has 0 aliphatic carbocycles. The summed E-state index contributed by atoms with van der Waals surface area (Å²) in [5.74, 6) is 0.